The van der Waals surface area contributed by atoms with Gasteiger partial charge >= 0.3 is 0 Å². The fourth-order valence-electron chi connectivity index (χ4n) is 1.88. The number of nitrogens with zero attached hydrogens (tertiary/aromatic N) is 2. The van der Waals surface area contributed by atoms with E-state index in [4.69, 9.17) is 14.0 Å². The van der Waals surface area contributed by atoms with Crippen LogP contribution in [0.5, 0.6) is 11.5 Å². The Bertz CT molecular complexity index is 640. The molecule has 2 aromatic rings. The number of aromatic nitrogens is 2. The third-order valence-electron chi connectivity index (χ3n) is 3.32. The Balaban J connectivity index is 2.01. The monoisotopic (exact) mass is 321 g/mol. The summed E-state index contributed by atoms with van der Waals surface area (Å²) in [6, 6.07) is 5.68. The van der Waals surface area contributed by atoms with Crippen molar-refractivity contribution in [1.82, 2.24) is 15.5 Å². The summed E-state index contributed by atoms with van der Waals surface area (Å²) in [5.41, 5.74) is 0.697. The molecular weight excluding hydrogens is 298 g/mol. The molecule has 23 heavy (non-hydrogen) atoms. The molecule has 0 aliphatic rings. The molecule has 0 atom stereocenters. The van der Waals surface area contributed by atoms with Gasteiger partial charge < -0.3 is 24.4 Å². The van der Waals surface area contributed by atoms with Gasteiger partial charge in [0, 0.05) is 12.1 Å². The van der Waals surface area contributed by atoms with Gasteiger partial charge in [-0.3, -0.25) is 0 Å². The van der Waals surface area contributed by atoms with Gasteiger partial charge in [0.1, 0.15) is 0 Å². The first-order valence-electron chi connectivity index (χ1n) is 7.38. The molecule has 0 fully saturated rings. The number of aliphatic hydroxyl groups excluding tert-OH is 1. The first-order valence-corrected chi connectivity index (χ1v) is 7.38. The number of hydrogen-bond acceptors (Lipinski definition) is 7. The van der Waals surface area contributed by atoms with Crippen molar-refractivity contribution in [2.75, 3.05) is 13.7 Å². The van der Waals surface area contributed by atoms with Crippen LogP contribution in [0.3, 0.4) is 0 Å². The molecule has 1 aromatic carbocycles. The van der Waals surface area contributed by atoms with Gasteiger partial charge in [0.25, 0.3) is 5.89 Å². The molecule has 0 amide bonds. The van der Waals surface area contributed by atoms with E-state index in [1.807, 2.05) is 32.0 Å². The lowest BCUT2D eigenvalue weighted by atomic mass is 10.1. The predicted molar refractivity (Wildman–Crippen MR) is 84.4 cm³/mol. The van der Waals surface area contributed by atoms with Gasteiger partial charge in [-0.25, -0.2) is 0 Å². The van der Waals surface area contributed by atoms with Crippen LogP contribution in [0, 0.1) is 6.92 Å². The molecule has 7 nitrogen and oxygen atoms in total. The largest absolute Gasteiger partial charge is 0.493 e. The Morgan fingerprint density at radius 3 is 2.70 bits per heavy atom. The Kier molecular flexibility index (Phi) is 5.57. The molecule has 2 N–H and O–H groups in total. The average molecular weight is 321 g/mol. The third-order valence-corrected chi connectivity index (χ3v) is 3.32. The predicted octanol–water partition coefficient (Wildman–Crippen LogP) is 1.83. The first-order chi connectivity index (χ1) is 10.9. The highest BCUT2D eigenvalue weighted by molar-refractivity contribution is 5.43. The van der Waals surface area contributed by atoms with Crippen molar-refractivity contribution in [1.29, 1.82) is 0 Å². The summed E-state index contributed by atoms with van der Waals surface area (Å²) in [7, 11) is 1.59. The molecule has 0 aliphatic heterocycles. The summed E-state index contributed by atoms with van der Waals surface area (Å²) in [5, 5.41) is 16.3. The van der Waals surface area contributed by atoms with Crippen LogP contribution < -0.4 is 14.8 Å². The second-order valence-corrected chi connectivity index (χ2v) is 5.90. The van der Waals surface area contributed by atoms with Crippen molar-refractivity contribution in [3.05, 3.63) is 35.5 Å². The van der Waals surface area contributed by atoms with Gasteiger partial charge in [-0.05, 0) is 38.5 Å². The first kappa shape index (κ1) is 17.2. The van der Waals surface area contributed by atoms with Gasteiger partial charge in [-0.15, -0.1) is 0 Å². The van der Waals surface area contributed by atoms with Crippen LogP contribution in [-0.4, -0.2) is 34.5 Å². The third kappa shape index (κ3) is 4.94. The van der Waals surface area contributed by atoms with E-state index >= 15 is 0 Å². The van der Waals surface area contributed by atoms with Crippen LogP contribution in [-0.2, 0) is 13.2 Å². The minimum Gasteiger partial charge on any atom is -0.493 e. The van der Waals surface area contributed by atoms with Gasteiger partial charge in [0.15, 0.2) is 23.9 Å². The van der Waals surface area contributed by atoms with Crippen molar-refractivity contribution in [3.8, 4) is 11.5 Å². The molecule has 0 spiro atoms. The molecule has 1 heterocycles. The Labute approximate surface area is 135 Å². The van der Waals surface area contributed by atoms with Crippen LogP contribution >= 0.6 is 0 Å². The smallest absolute Gasteiger partial charge is 0.264 e. The maximum Gasteiger partial charge on any atom is 0.264 e. The zero-order valence-corrected chi connectivity index (χ0v) is 13.9. The number of benzene rings is 1. The number of aliphatic hydroxyl groups is 1. The molecule has 0 aliphatic carbocycles. The number of hydrogen-bond donors (Lipinski definition) is 2. The highest BCUT2D eigenvalue weighted by Crippen LogP contribution is 2.28. The molecule has 0 radical (unpaired) electrons. The zero-order chi connectivity index (χ0) is 16.9. The molecular formula is C16H23N3O4. The minimum absolute atomic E-state index is 0.0644. The van der Waals surface area contributed by atoms with Gasteiger partial charge in [0.2, 0.25) is 0 Å². The van der Waals surface area contributed by atoms with E-state index in [0.29, 0.717) is 29.8 Å². The molecule has 0 saturated heterocycles. The Hall–Kier alpha value is -2.12. The van der Waals surface area contributed by atoms with E-state index < -0.39 is 0 Å². The average Bonchev–Trinajstić information content (AvgIpc) is 2.96. The molecule has 2 rings (SSSR count). The van der Waals surface area contributed by atoms with E-state index in [0.717, 1.165) is 5.56 Å². The van der Waals surface area contributed by atoms with E-state index in [1.54, 1.807) is 14.0 Å². The fourth-order valence-corrected chi connectivity index (χ4v) is 1.88. The van der Waals surface area contributed by atoms with Crippen LogP contribution in [0.1, 0.15) is 31.1 Å². The van der Waals surface area contributed by atoms with E-state index in [-0.39, 0.29) is 18.8 Å². The topological polar surface area (TPSA) is 89.6 Å². The molecule has 0 unspecified atom stereocenters. The maximum atomic E-state index is 9.27. The van der Waals surface area contributed by atoms with Crippen LogP contribution in [0.25, 0.3) is 0 Å². The Morgan fingerprint density at radius 1 is 1.30 bits per heavy atom. The van der Waals surface area contributed by atoms with Crippen molar-refractivity contribution in [2.24, 2.45) is 0 Å². The van der Waals surface area contributed by atoms with Gasteiger partial charge in [0.05, 0.1) is 13.7 Å². The number of ether oxygens (including phenoxy) is 2. The van der Waals surface area contributed by atoms with E-state index in [2.05, 4.69) is 15.5 Å². The van der Waals surface area contributed by atoms with Gasteiger partial charge in [-0.2, -0.15) is 4.98 Å². The van der Waals surface area contributed by atoms with E-state index in [1.165, 1.54) is 0 Å². The SMILES string of the molecule is COc1cc(CNC(C)(C)CO)ccc1OCc1nc(C)no1. The lowest BCUT2D eigenvalue weighted by Gasteiger charge is -2.23. The molecule has 126 valence electrons. The summed E-state index contributed by atoms with van der Waals surface area (Å²) in [6.45, 7) is 6.50. The maximum absolute atomic E-state index is 9.27. The number of methoxy groups -OCH3 is 1. The number of rotatable bonds is 8. The summed E-state index contributed by atoms with van der Waals surface area (Å²) in [4.78, 5) is 4.09. The molecule has 0 saturated carbocycles. The van der Waals surface area contributed by atoms with E-state index in [9.17, 15) is 5.11 Å². The lowest BCUT2D eigenvalue weighted by molar-refractivity contribution is 0.187. The quantitative estimate of drug-likeness (QED) is 0.766. The molecule has 7 heteroatoms. The summed E-state index contributed by atoms with van der Waals surface area (Å²) >= 11 is 0. The van der Waals surface area contributed by atoms with Crippen molar-refractivity contribution >= 4 is 0 Å². The fraction of sp³-hybridized carbons (Fsp3) is 0.500. The summed E-state index contributed by atoms with van der Waals surface area (Å²) < 4.78 is 16.0. The second kappa shape index (κ2) is 7.43. The standard InChI is InChI=1S/C16H23N3O4/c1-11-18-15(23-19-11)9-22-13-6-5-12(7-14(13)21-4)8-17-16(2,3)10-20/h5-7,17,20H,8-10H2,1-4H3. The molecule has 0 bridgehead atoms. The Morgan fingerprint density at radius 2 is 2.09 bits per heavy atom. The highest BCUT2D eigenvalue weighted by atomic mass is 16.5. The van der Waals surface area contributed by atoms with Crippen LogP contribution in [0.4, 0.5) is 0 Å². The van der Waals surface area contributed by atoms with Crippen molar-refractivity contribution in [3.63, 3.8) is 0 Å². The van der Waals surface area contributed by atoms with Crippen LogP contribution in [0.15, 0.2) is 22.7 Å². The zero-order valence-electron chi connectivity index (χ0n) is 13.9. The van der Waals surface area contributed by atoms with Crippen molar-refractivity contribution in [2.45, 2.75) is 39.5 Å². The normalized spacial score (nSPS) is 11.5. The number of nitrogens with one attached hydrogen (secondary N) is 1. The van der Waals surface area contributed by atoms with Crippen molar-refractivity contribution < 1.29 is 19.1 Å². The number of aryl methyl sites for hydroxylation is 1. The molecule has 1 aromatic heterocycles. The summed E-state index contributed by atoms with van der Waals surface area (Å²) in [5.74, 6) is 2.22. The second-order valence-electron chi connectivity index (χ2n) is 5.90. The lowest BCUT2D eigenvalue weighted by Crippen LogP contribution is -2.42. The van der Waals surface area contributed by atoms with Crippen LogP contribution in [0.2, 0.25) is 0 Å². The minimum atomic E-state index is -0.335. The summed E-state index contributed by atoms with van der Waals surface area (Å²) in [6.07, 6.45) is 0. The van der Waals surface area contributed by atoms with Gasteiger partial charge in [-0.1, -0.05) is 11.2 Å². The highest BCUT2D eigenvalue weighted by Gasteiger charge is 2.15.